The van der Waals surface area contributed by atoms with Crippen molar-refractivity contribution in [1.29, 1.82) is 0 Å². The summed E-state index contributed by atoms with van der Waals surface area (Å²) in [5.74, 6) is -2.47. The standard InChI is InChI=1S/C11H16O6/c1-3-11(4-16-6-17-5-11)8(10(14)15)7(2)9(12)13/h3-6H2,1-2H3,(H,12,13)(H,14,15)/b8-7+. The number of hydrogen-bond donors (Lipinski definition) is 2. The Morgan fingerprint density at radius 2 is 1.71 bits per heavy atom. The molecule has 96 valence electrons. The highest BCUT2D eigenvalue weighted by Gasteiger charge is 2.41. The third-order valence-electron chi connectivity index (χ3n) is 3.04. The van der Waals surface area contributed by atoms with Crippen LogP contribution in [0, 0.1) is 5.41 Å². The molecule has 1 heterocycles. The summed E-state index contributed by atoms with van der Waals surface area (Å²) in [6, 6.07) is 0. The Hall–Kier alpha value is -1.40. The van der Waals surface area contributed by atoms with Gasteiger partial charge in [-0.1, -0.05) is 6.92 Å². The zero-order valence-electron chi connectivity index (χ0n) is 9.86. The van der Waals surface area contributed by atoms with Gasteiger partial charge in [-0.2, -0.15) is 0 Å². The van der Waals surface area contributed by atoms with Crippen LogP contribution >= 0.6 is 0 Å². The molecule has 0 aliphatic carbocycles. The number of carbonyl (C=O) groups is 2. The molecule has 1 aliphatic heterocycles. The molecular formula is C11H16O6. The molecule has 1 aliphatic rings. The third-order valence-corrected chi connectivity index (χ3v) is 3.04. The topological polar surface area (TPSA) is 93.1 Å². The van der Waals surface area contributed by atoms with Gasteiger partial charge in [-0.3, -0.25) is 0 Å². The van der Waals surface area contributed by atoms with Crippen molar-refractivity contribution in [2.75, 3.05) is 20.0 Å². The summed E-state index contributed by atoms with van der Waals surface area (Å²) in [6.45, 7) is 3.51. The van der Waals surface area contributed by atoms with Crippen molar-refractivity contribution in [2.24, 2.45) is 5.41 Å². The van der Waals surface area contributed by atoms with E-state index >= 15 is 0 Å². The summed E-state index contributed by atoms with van der Waals surface area (Å²) in [6.07, 6.45) is 0.444. The van der Waals surface area contributed by atoms with Crippen LogP contribution in [-0.4, -0.2) is 42.2 Å². The lowest BCUT2D eigenvalue weighted by Crippen LogP contribution is -2.42. The Morgan fingerprint density at radius 3 is 2.06 bits per heavy atom. The molecule has 1 rings (SSSR count). The predicted octanol–water partition coefficient (Wildman–Crippen LogP) is 0.873. The molecule has 17 heavy (non-hydrogen) atoms. The van der Waals surface area contributed by atoms with Crippen molar-refractivity contribution >= 4 is 11.9 Å². The Labute approximate surface area is 98.8 Å². The molecule has 0 amide bonds. The maximum Gasteiger partial charge on any atom is 0.332 e. The summed E-state index contributed by atoms with van der Waals surface area (Å²) < 4.78 is 10.2. The molecule has 0 unspecified atom stereocenters. The molecule has 0 aromatic carbocycles. The molecule has 2 N–H and O–H groups in total. The number of ether oxygens (including phenoxy) is 2. The van der Waals surface area contributed by atoms with Crippen LogP contribution in [0.3, 0.4) is 0 Å². The lowest BCUT2D eigenvalue weighted by molar-refractivity contribution is -0.162. The van der Waals surface area contributed by atoms with Gasteiger partial charge in [0, 0.05) is 11.0 Å². The minimum Gasteiger partial charge on any atom is -0.478 e. The van der Waals surface area contributed by atoms with Gasteiger partial charge in [0.2, 0.25) is 0 Å². The molecule has 6 nitrogen and oxygen atoms in total. The number of hydrogen-bond acceptors (Lipinski definition) is 4. The zero-order chi connectivity index (χ0) is 13.1. The van der Waals surface area contributed by atoms with Crippen molar-refractivity contribution in [3.63, 3.8) is 0 Å². The van der Waals surface area contributed by atoms with E-state index in [1.165, 1.54) is 6.92 Å². The highest BCUT2D eigenvalue weighted by molar-refractivity contribution is 5.99. The van der Waals surface area contributed by atoms with Gasteiger partial charge in [0.05, 0.1) is 18.8 Å². The Balaban J connectivity index is 3.25. The second kappa shape index (κ2) is 5.29. The first kappa shape index (κ1) is 13.7. The van der Waals surface area contributed by atoms with Crippen LogP contribution in [0.4, 0.5) is 0 Å². The van der Waals surface area contributed by atoms with E-state index < -0.39 is 17.4 Å². The highest BCUT2D eigenvalue weighted by atomic mass is 16.7. The van der Waals surface area contributed by atoms with E-state index in [-0.39, 0.29) is 31.2 Å². The molecule has 0 atom stereocenters. The van der Waals surface area contributed by atoms with Gasteiger partial charge in [0.15, 0.2) is 0 Å². The molecule has 6 heteroatoms. The van der Waals surface area contributed by atoms with E-state index in [4.69, 9.17) is 14.6 Å². The fourth-order valence-electron chi connectivity index (χ4n) is 1.99. The minimum atomic E-state index is -1.24. The van der Waals surface area contributed by atoms with Crippen molar-refractivity contribution < 1.29 is 29.3 Å². The summed E-state index contributed by atoms with van der Waals surface area (Å²) in [4.78, 5) is 22.2. The minimum absolute atomic E-state index is 0.112. The maximum atomic E-state index is 11.3. The summed E-state index contributed by atoms with van der Waals surface area (Å²) in [7, 11) is 0. The largest absolute Gasteiger partial charge is 0.478 e. The van der Waals surface area contributed by atoms with Crippen LogP contribution < -0.4 is 0 Å². The average molecular weight is 244 g/mol. The molecule has 0 aromatic heterocycles. The molecular weight excluding hydrogens is 228 g/mol. The molecule has 0 bridgehead atoms. The smallest absolute Gasteiger partial charge is 0.332 e. The fourth-order valence-corrected chi connectivity index (χ4v) is 1.99. The highest BCUT2D eigenvalue weighted by Crippen LogP contribution is 2.36. The van der Waals surface area contributed by atoms with Crippen LogP contribution in [0.1, 0.15) is 20.3 Å². The van der Waals surface area contributed by atoms with Crippen molar-refractivity contribution in [3.05, 3.63) is 11.1 Å². The van der Waals surface area contributed by atoms with Gasteiger partial charge >= 0.3 is 11.9 Å². The maximum absolute atomic E-state index is 11.3. The predicted molar refractivity (Wildman–Crippen MR) is 57.5 cm³/mol. The van der Waals surface area contributed by atoms with Gasteiger partial charge in [0.25, 0.3) is 0 Å². The number of aliphatic carboxylic acids is 2. The lowest BCUT2D eigenvalue weighted by atomic mass is 9.76. The van der Waals surface area contributed by atoms with E-state index in [9.17, 15) is 14.7 Å². The second-order valence-corrected chi connectivity index (χ2v) is 4.06. The summed E-state index contributed by atoms with van der Waals surface area (Å²) in [5, 5.41) is 18.1. The molecule has 0 radical (unpaired) electrons. The number of rotatable bonds is 4. The van der Waals surface area contributed by atoms with Crippen molar-refractivity contribution in [1.82, 2.24) is 0 Å². The first-order valence-electron chi connectivity index (χ1n) is 5.28. The average Bonchev–Trinajstić information content (AvgIpc) is 2.29. The number of carboxylic acid groups (broad SMARTS) is 2. The SMILES string of the molecule is CCC1(/C(C(=O)O)=C(\C)C(=O)O)COCOC1. The van der Waals surface area contributed by atoms with E-state index in [0.717, 1.165) is 0 Å². The first-order chi connectivity index (χ1) is 7.94. The van der Waals surface area contributed by atoms with Gasteiger partial charge in [-0.25, -0.2) is 9.59 Å². The van der Waals surface area contributed by atoms with Crippen LogP contribution in [0.2, 0.25) is 0 Å². The summed E-state index contributed by atoms with van der Waals surface area (Å²) >= 11 is 0. The molecule has 1 saturated heterocycles. The van der Waals surface area contributed by atoms with Gasteiger partial charge in [-0.15, -0.1) is 0 Å². The van der Waals surface area contributed by atoms with E-state index in [1.54, 1.807) is 6.92 Å². The van der Waals surface area contributed by atoms with E-state index in [2.05, 4.69) is 0 Å². The van der Waals surface area contributed by atoms with Gasteiger partial charge in [-0.05, 0) is 13.3 Å². The monoisotopic (exact) mass is 244 g/mol. The van der Waals surface area contributed by atoms with E-state index in [1.807, 2.05) is 0 Å². The molecule has 0 spiro atoms. The van der Waals surface area contributed by atoms with Crippen LogP contribution in [0.5, 0.6) is 0 Å². The quantitative estimate of drug-likeness (QED) is 0.713. The van der Waals surface area contributed by atoms with Crippen LogP contribution in [0.15, 0.2) is 11.1 Å². The van der Waals surface area contributed by atoms with Gasteiger partial charge in [0.1, 0.15) is 6.79 Å². The Bertz CT molecular complexity index is 351. The fraction of sp³-hybridized carbons (Fsp3) is 0.636. The van der Waals surface area contributed by atoms with Crippen molar-refractivity contribution in [2.45, 2.75) is 20.3 Å². The molecule has 0 aromatic rings. The normalized spacial score (nSPS) is 20.6. The first-order valence-corrected chi connectivity index (χ1v) is 5.28. The molecule has 1 fully saturated rings. The Morgan fingerprint density at radius 1 is 1.18 bits per heavy atom. The number of carboxylic acids is 2. The second-order valence-electron chi connectivity index (χ2n) is 4.06. The van der Waals surface area contributed by atoms with Crippen LogP contribution in [-0.2, 0) is 19.1 Å². The van der Waals surface area contributed by atoms with Crippen LogP contribution in [0.25, 0.3) is 0 Å². The lowest BCUT2D eigenvalue weighted by Gasteiger charge is -2.36. The van der Waals surface area contributed by atoms with E-state index in [0.29, 0.717) is 6.42 Å². The Kier molecular flexibility index (Phi) is 4.25. The summed E-state index contributed by atoms with van der Waals surface area (Å²) in [5.41, 5.74) is -1.19. The molecule has 0 saturated carbocycles. The third kappa shape index (κ3) is 2.65. The van der Waals surface area contributed by atoms with Gasteiger partial charge < -0.3 is 19.7 Å². The van der Waals surface area contributed by atoms with Crippen molar-refractivity contribution in [3.8, 4) is 0 Å². The zero-order valence-corrected chi connectivity index (χ0v) is 9.86.